The molecule has 2 N–H and O–H groups in total. The Kier molecular flexibility index (Phi) is 8.30. The van der Waals surface area contributed by atoms with E-state index in [4.69, 9.17) is 0 Å². The van der Waals surface area contributed by atoms with Crippen LogP contribution in [0.5, 0.6) is 0 Å². The zero-order valence-electron chi connectivity index (χ0n) is 14.9. The minimum atomic E-state index is -0.242. The predicted octanol–water partition coefficient (Wildman–Crippen LogP) is 2.07. The first kappa shape index (κ1) is 20.0. The second-order valence-electron chi connectivity index (χ2n) is 7.21. The van der Waals surface area contributed by atoms with Crippen LogP contribution in [-0.4, -0.2) is 72.8 Å². The third kappa shape index (κ3) is 5.08. The first-order chi connectivity index (χ1) is 11.3. The van der Waals surface area contributed by atoms with E-state index in [0.29, 0.717) is 18.5 Å². The van der Waals surface area contributed by atoms with E-state index in [1.165, 1.54) is 38.5 Å². The smallest absolute Gasteiger partial charge is 0.193 e. The molecule has 0 aromatic carbocycles. The summed E-state index contributed by atoms with van der Waals surface area (Å²) >= 11 is 0. The van der Waals surface area contributed by atoms with E-state index < -0.39 is 0 Å². The van der Waals surface area contributed by atoms with Crippen LogP contribution in [0.25, 0.3) is 0 Å². The van der Waals surface area contributed by atoms with Gasteiger partial charge < -0.3 is 15.3 Å². The Balaban J connectivity index is 0.00000208. The molecular weight excluding hydrogens is 415 g/mol. The van der Waals surface area contributed by atoms with Gasteiger partial charge in [-0.15, -0.1) is 24.0 Å². The van der Waals surface area contributed by atoms with Crippen molar-refractivity contribution in [2.45, 2.75) is 50.7 Å². The number of guanidine groups is 1. The number of aliphatic imine (C=N–C) groups is 1. The van der Waals surface area contributed by atoms with E-state index in [1.807, 2.05) is 7.05 Å². The number of hydrogen-bond acceptors (Lipinski definition) is 3. The van der Waals surface area contributed by atoms with Crippen LogP contribution < -0.4 is 5.32 Å². The Morgan fingerprint density at radius 2 is 1.92 bits per heavy atom. The molecule has 2 atom stereocenters. The van der Waals surface area contributed by atoms with Gasteiger partial charge in [-0.1, -0.05) is 31.4 Å². The molecule has 3 rings (SSSR count). The molecule has 138 valence electrons. The van der Waals surface area contributed by atoms with E-state index in [-0.39, 0.29) is 30.1 Å². The molecule has 3 aliphatic rings. The van der Waals surface area contributed by atoms with Gasteiger partial charge in [0.15, 0.2) is 5.96 Å². The van der Waals surface area contributed by atoms with Crippen molar-refractivity contribution in [2.24, 2.45) is 10.9 Å². The summed E-state index contributed by atoms with van der Waals surface area (Å²) in [6.07, 6.45) is 11.7. The molecule has 2 unspecified atom stereocenters. The van der Waals surface area contributed by atoms with E-state index in [2.05, 4.69) is 32.3 Å². The van der Waals surface area contributed by atoms with Gasteiger partial charge in [0.1, 0.15) is 0 Å². The SMILES string of the molecule is CN=C(NCC(O)C1CCCCC1)N1CCC(N2CC=CC2)C1.I. The van der Waals surface area contributed by atoms with Crippen LogP contribution in [0.15, 0.2) is 17.1 Å². The normalized spacial score (nSPS) is 27.3. The molecule has 1 saturated carbocycles. The molecule has 0 bridgehead atoms. The summed E-state index contributed by atoms with van der Waals surface area (Å²) in [6, 6.07) is 0.631. The molecule has 0 radical (unpaired) electrons. The minimum absolute atomic E-state index is 0. The van der Waals surface area contributed by atoms with Crippen LogP contribution in [0.3, 0.4) is 0 Å². The van der Waals surface area contributed by atoms with E-state index in [0.717, 1.165) is 32.1 Å². The maximum Gasteiger partial charge on any atom is 0.193 e. The molecule has 6 heteroatoms. The molecule has 2 heterocycles. The number of aliphatic hydroxyl groups is 1. The van der Waals surface area contributed by atoms with Crippen LogP contribution in [0.2, 0.25) is 0 Å². The monoisotopic (exact) mass is 448 g/mol. The molecule has 2 aliphatic heterocycles. The molecule has 5 nitrogen and oxygen atoms in total. The zero-order valence-corrected chi connectivity index (χ0v) is 17.2. The summed E-state index contributed by atoms with van der Waals surface area (Å²) in [5.41, 5.74) is 0. The van der Waals surface area contributed by atoms with Gasteiger partial charge in [-0.2, -0.15) is 0 Å². The summed E-state index contributed by atoms with van der Waals surface area (Å²) in [5.74, 6) is 1.42. The number of nitrogens with zero attached hydrogens (tertiary/aromatic N) is 3. The lowest BCUT2D eigenvalue weighted by atomic mass is 9.85. The Morgan fingerprint density at radius 3 is 2.58 bits per heavy atom. The van der Waals surface area contributed by atoms with Gasteiger partial charge in [0.2, 0.25) is 0 Å². The van der Waals surface area contributed by atoms with Crippen LogP contribution in [0, 0.1) is 5.92 Å². The lowest BCUT2D eigenvalue weighted by Crippen LogP contribution is -2.46. The van der Waals surface area contributed by atoms with Crippen molar-refractivity contribution >= 4 is 29.9 Å². The van der Waals surface area contributed by atoms with Gasteiger partial charge in [-0.3, -0.25) is 9.89 Å². The minimum Gasteiger partial charge on any atom is -0.391 e. The topological polar surface area (TPSA) is 51.1 Å². The molecule has 0 amide bonds. The lowest BCUT2D eigenvalue weighted by molar-refractivity contribution is 0.0874. The van der Waals surface area contributed by atoms with Crippen LogP contribution in [-0.2, 0) is 0 Å². The maximum atomic E-state index is 10.4. The van der Waals surface area contributed by atoms with Gasteiger partial charge in [0.25, 0.3) is 0 Å². The number of hydrogen-bond donors (Lipinski definition) is 2. The number of rotatable bonds is 4. The lowest BCUT2D eigenvalue weighted by Gasteiger charge is -2.29. The standard InChI is InChI=1S/C18H32N4O.HI/c1-19-18(20-13-17(23)15-7-3-2-4-8-15)22-12-9-16(14-22)21-10-5-6-11-21;/h5-6,15-17,23H,2-4,7-14H2,1H3,(H,19,20);1H. The Labute approximate surface area is 163 Å². The van der Waals surface area contributed by atoms with E-state index in [9.17, 15) is 5.11 Å². The summed E-state index contributed by atoms with van der Waals surface area (Å²) in [6.45, 7) is 4.90. The number of nitrogens with one attached hydrogen (secondary N) is 1. The van der Waals surface area contributed by atoms with E-state index >= 15 is 0 Å². The molecular formula is C18H33IN4O. The molecule has 1 aliphatic carbocycles. The highest BCUT2D eigenvalue weighted by Gasteiger charge is 2.30. The largest absolute Gasteiger partial charge is 0.391 e. The summed E-state index contributed by atoms with van der Waals surface area (Å²) in [7, 11) is 1.85. The van der Waals surface area contributed by atoms with Gasteiger partial charge in [-0.05, 0) is 25.2 Å². The average Bonchev–Trinajstić information content (AvgIpc) is 3.27. The Bertz CT molecular complexity index is 429. The van der Waals surface area contributed by atoms with Crippen LogP contribution >= 0.6 is 24.0 Å². The molecule has 1 saturated heterocycles. The fourth-order valence-electron chi connectivity index (χ4n) is 4.24. The fourth-order valence-corrected chi connectivity index (χ4v) is 4.24. The van der Waals surface area contributed by atoms with Crippen LogP contribution in [0.4, 0.5) is 0 Å². The molecule has 0 aromatic heterocycles. The van der Waals surface area contributed by atoms with E-state index in [1.54, 1.807) is 0 Å². The number of halogens is 1. The highest BCUT2D eigenvalue weighted by molar-refractivity contribution is 14.0. The number of aliphatic hydroxyl groups excluding tert-OH is 1. The average molecular weight is 448 g/mol. The summed E-state index contributed by atoms with van der Waals surface area (Å²) in [5, 5.41) is 13.8. The Hall–Kier alpha value is -0.340. The van der Waals surface area contributed by atoms with Gasteiger partial charge in [-0.25, -0.2) is 0 Å². The summed E-state index contributed by atoms with van der Waals surface area (Å²) in [4.78, 5) is 9.31. The van der Waals surface area contributed by atoms with Crippen molar-refractivity contribution in [1.29, 1.82) is 0 Å². The molecule has 0 aromatic rings. The van der Waals surface area contributed by atoms with Crippen molar-refractivity contribution in [3.8, 4) is 0 Å². The maximum absolute atomic E-state index is 10.4. The van der Waals surface area contributed by atoms with Gasteiger partial charge in [0.05, 0.1) is 6.10 Å². The third-order valence-corrected chi connectivity index (χ3v) is 5.70. The van der Waals surface area contributed by atoms with Crippen molar-refractivity contribution in [3.63, 3.8) is 0 Å². The fraction of sp³-hybridized carbons (Fsp3) is 0.833. The molecule has 2 fully saturated rings. The highest BCUT2D eigenvalue weighted by Crippen LogP contribution is 2.26. The summed E-state index contributed by atoms with van der Waals surface area (Å²) < 4.78 is 0. The molecule has 0 spiro atoms. The van der Waals surface area contributed by atoms with Crippen molar-refractivity contribution in [3.05, 3.63) is 12.2 Å². The number of likely N-dealkylation sites (tertiary alicyclic amines) is 1. The third-order valence-electron chi connectivity index (χ3n) is 5.70. The zero-order chi connectivity index (χ0) is 16.1. The Morgan fingerprint density at radius 1 is 1.21 bits per heavy atom. The first-order valence-electron chi connectivity index (χ1n) is 9.30. The van der Waals surface area contributed by atoms with Gasteiger partial charge >= 0.3 is 0 Å². The van der Waals surface area contributed by atoms with Gasteiger partial charge in [0, 0.05) is 45.8 Å². The van der Waals surface area contributed by atoms with Crippen molar-refractivity contribution in [2.75, 3.05) is 39.8 Å². The predicted molar refractivity (Wildman–Crippen MR) is 110 cm³/mol. The highest BCUT2D eigenvalue weighted by atomic mass is 127. The second-order valence-corrected chi connectivity index (χ2v) is 7.21. The van der Waals surface area contributed by atoms with Crippen molar-refractivity contribution in [1.82, 2.24) is 15.1 Å². The second kappa shape index (κ2) is 9.97. The quantitative estimate of drug-likeness (QED) is 0.299. The first-order valence-corrected chi connectivity index (χ1v) is 9.30. The molecule has 24 heavy (non-hydrogen) atoms. The van der Waals surface area contributed by atoms with Crippen LogP contribution in [0.1, 0.15) is 38.5 Å². The van der Waals surface area contributed by atoms with Crippen molar-refractivity contribution < 1.29 is 5.11 Å².